The maximum atomic E-state index is 13.2. The molecule has 0 aliphatic rings. The molecule has 1 aromatic heterocycles. The minimum Gasteiger partial charge on any atom is -0.311 e. The normalized spacial score (nSPS) is 12.6. The zero-order chi connectivity index (χ0) is 13.8. The summed E-state index contributed by atoms with van der Waals surface area (Å²) in [5.74, 6) is -0.220. The molecule has 0 saturated carbocycles. The molecule has 102 valence electrons. The smallest absolute Gasteiger partial charge is 0.123 e. The Kier molecular flexibility index (Phi) is 4.56. The summed E-state index contributed by atoms with van der Waals surface area (Å²) < 4.78 is 15.1. The van der Waals surface area contributed by atoms with Crippen LogP contribution in [0.15, 0.2) is 30.5 Å². The Morgan fingerprint density at radius 3 is 2.89 bits per heavy atom. The third kappa shape index (κ3) is 3.14. The third-order valence-corrected chi connectivity index (χ3v) is 3.43. The Morgan fingerprint density at radius 2 is 2.26 bits per heavy atom. The van der Waals surface area contributed by atoms with Gasteiger partial charge in [-0.3, -0.25) is 4.68 Å². The minimum absolute atomic E-state index is 0.0109. The summed E-state index contributed by atoms with van der Waals surface area (Å²) in [6.45, 7) is 2.77. The van der Waals surface area contributed by atoms with Crippen molar-refractivity contribution in [3.05, 3.63) is 52.6 Å². The molecule has 1 unspecified atom stereocenters. The van der Waals surface area contributed by atoms with Crippen LogP contribution in [0.3, 0.4) is 0 Å². The van der Waals surface area contributed by atoms with Crippen molar-refractivity contribution in [3.63, 3.8) is 0 Å². The predicted molar refractivity (Wildman–Crippen MR) is 74.8 cm³/mol. The second-order valence-electron chi connectivity index (χ2n) is 4.37. The molecule has 0 spiro atoms. The molecule has 3 nitrogen and oxygen atoms in total. The highest BCUT2D eigenvalue weighted by Gasteiger charge is 2.19. The molecule has 0 aliphatic carbocycles. The predicted octanol–water partition coefficient (Wildman–Crippen LogP) is 3.20. The summed E-state index contributed by atoms with van der Waals surface area (Å²) in [6, 6.07) is 6.63. The lowest BCUT2D eigenvalue weighted by Crippen LogP contribution is -2.22. The second kappa shape index (κ2) is 6.17. The van der Waals surface area contributed by atoms with Crippen LogP contribution in [-0.4, -0.2) is 16.8 Å². The molecule has 0 amide bonds. The topological polar surface area (TPSA) is 29.9 Å². The molecule has 1 atom stereocenters. The molecular weight excluding hydrogens is 265 g/mol. The van der Waals surface area contributed by atoms with Gasteiger partial charge in [-0.25, -0.2) is 4.39 Å². The Morgan fingerprint density at radius 1 is 1.47 bits per heavy atom. The molecule has 2 aromatic rings. The van der Waals surface area contributed by atoms with Crippen LogP contribution in [0.4, 0.5) is 4.39 Å². The largest absolute Gasteiger partial charge is 0.311 e. The second-order valence-corrected chi connectivity index (χ2v) is 4.78. The van der Waals surface area contributed by atoms with Gasteiger partial charge < -0.3 is 5.32 Å². The molecule has 0 saturated heterocycles. The fourth-order valence-electron chi connectivity index (χ4n) is 2.21. The highest BCUT2D eigenvalue weighted by molar-refractivity contribution is 6.31. The van der Waals surface area contributed by atoms with E-state index in [1.807, 2.05) is 24.7 Å². The number of nitrogens with one attached hydrogen (secondary N) is 1. The molecule has 0 fully saturated rings. The van der Waals surface area contributed by atoms with Gasteiger partial charge in [-0.15, -0.1) is 0 Å². The summed E-state index contributed by atoms with van der Waals surface area (Å²) >= 11 is 6.20. The molecule has 2 rings (SSSR count). The van der Waals surface area contributed by atoms with E-state index in [4.69, 9.17) is 11.6 Å². The number of halogens is 2. The maximum absolute atomic E-state index is 13.2. The van der Waals surface area contributed by atoms with E-state index in [2.05, 4.69) is 10.4 Å². The summed E-state index contributed by atoms with van der Waals surface area (Å²) in [4.78, 5) is 0. The highest BCUT2D eigenvalue weighted by atomic mass is 35.5. The highest BCUT2D eigenvalue weighted by Crippen LogP contribution is 2.25. The van der Waals surface area contributed by atoms with E-state index < -0.39 is 0 Å². The van der Waals surface area contributed by atoms with Gasteiger partial charge in [0.25, 0.3) is 0 Å². The van der Waals surface area contributed by atoms with Crippen molar-refractivity contribution in [3.8, 4) is 0 Å². The van der Waals surface area contributed by atoms with Gasteiger partial charge in [0.15, 0.2) is 0 Å². The first-order chi connectivity index (χ1) is 9.15. The lowest BCUT2D eigenvalue weighted by molar-refractivity contribution is 0.512. The van der Waals surface area contributed by atoms with Crippen molar-refractivity contribution in [2.75, 3.05) is 7.05 Å². The van der Waals surface area contributed by atoms with Crippen molar-refractivity contribution in [1.29, 1.82) is 0 Å². The van der Waals surface area contributed by atoms with E-state index in [0.717, 1.165) is 17.8 Å². The molecule has 1 aromatic carbocycles. The van der Waals surface area contributed by atoms with Crippen molar-refractivity contribution in [1.82, 2.24) is 15.1 Å². The van der Waals surface area contributed by atoms with Gasteiger partial charge in [0.2, 0.25) is 0 Å². The van der Waals surface area contributed by atoms with E-state index in [9.17, 15) is 4.39 Å². The van der Waals surface area contributed by atoms with Gasteiger partial charge in [-0.05, 0) is 38.1 Å². The van der Waals surface area contributed by atoms with Crippen LogP contribution < -0.4 is 5.32 Å². The number of aromatic nitrogens is 2. The molecule has 1 heterocycles. The lowest BCUT2D eigenvalue weighted by Gasteiger charge is -2.18. The van der Waals surface area contributed by atoms with E-state index >= 15 is 0 Å². The number of benzene rings is 1. The number of aryl methyl sites for hydroxylation is 1. The fourth-order valence-corrected chi connectivity index (χ4v) is 2.48. The molecule has 0 aliphatic heterocycles. The van der Waals surface area contributed by atoms with Crippen LogP contribution in [0.1, 0.15) is 24.2 Å². The third-order valence-electron chi connectivity index (χ3n) is 3.14. The van der Waals surface area contributed by atoms with Gasteiger partial charge in [0, 0.05) is 6.54 Å². The van der Waals surface area contributed by atoms with Gasteiger partial charge in [0.1, 0.15) is 5.82 Å². The van der Waals surface area contributed by atoms with Gasteiger partial charge in [-0.1, -0.05) is 23.7 Å². The van der Waals surface area contributed by atoms with Gasteiger partial charge in [0.05, 0.1) is 23.0 Å². The molecule has 19 heavy (non-hydrogen) atoms. The van der Waals surface area contributed by atoms with Crippen molar-refractivity contribution < 1.29 is 4.39 Å². The Labute approximate surface area is 117 Å². The fraction of sp³-hybridized carbons (Fsp3) is 0.357. The van der Waals surface area contributed by atoms with Crippen LogP contribution in [0, 0.1) is 5.82 Å². The van der Waals surface area contributed by atoms with Crippen molar-refractivity contribution >= 4 is 11.6 Å². The molecule has 5 heteroatoms. The first-order valence-electron chi connectivity index (χ1n) is 6.28. The number of hydrogen-bond acceptors (Lipinski definition) is 2. The first kappa shape index (κ1) is 14.0. The average Bonchev–Trinajstić information content (AvgIpc) is 2.77. The quantitative estimate of drug-likeness (QED) is 0.912. The molecule has 1 N–H and O–H groups in total. The summed E-state index contributed by atoms with van der Waals surface area (Å²) in [5, 5.41) is 8.09. The number of nitrogens with zero attached hydrogens (tertiary/aromatic N) is 2. The standard InChI is InChI=1S/C14H17ClFN3/c1-3-19-14(12(15)9-18-19)13(17-2)8-10-5-4-6-11(16)7-10/h4-7,9,13,17H,3,8H2,1-2H3. The van der Waals surface area contributed by atoms with E-state index in [1.165, 1.54) is 6.07 Å². The Bertz CT molecular complexity index is 553. The molecule has 0 radical (unpaired) electrons. The average molecular weight is 282 g/mol. The van der Waals surface area contributed by atoms with Crippen LogP contribution >= 0.6 is 11.6 Å². The number of hydrogen-bond donors (Lipinski definition) is 1. The zero-order valence-corrected chi connectivity index (χ0v) is 11.8. The Hall–Kier alpha value is -1.39. The van der Waals surface area contributed by atoms with Crippen LogP contribution in [0.5, 0.6) is 0 Å². The van der Waals surface area contributed by atoms with Crippen molar-refractivity contribution in [2.45, 2.75) is 25.9 Å². The van der Waals surface area contributed by atoms with Gasteiger partial charge >= 0.3 is 0 Å². The molecule has 0 bridgehead atoms. The first-order valence-corrected chi connectivity index (χ1v) is 6.66. The monoisotopic (exact) mass is 281 g/mol. The van der Waals surface area contributed by atoms with E-state index in [-0.39, 0.29) is 11.9 Å². The maximum Gasteiger partial charge on any atom is 0.123 e. The van der Waals surface area contributed by atoms with Crippen LogP contribution in [0.2, 0.25) is 5.02 Å². The zero-order valence-electron chi connectivity index (χ0n) is 11.0. The number of likely N-dealkylation sites (N-methyl/N-ethyl adjacent to an activating group) is 1. The lowest BCUT2D eigenvalue weighted by atomic mass is 10.0. The molecular formula is C14H17ClFN3. The summed E-state index contributed by atoms with van der Waals surface area (Å²) in [5.41, 5.74) is 1.87. The summed E-state index contributed by atoms with van der Waals surface area (Å²) in [6.07, 6.45) is 2.32. The SMILES string of the molecule is CCn1ncc(Cl)c1C(Cc1cccc(F)c1)NC. The van der Waals surface area contributed by atoms with E-state index in [0.29, 0.717) is 11.4 Å². The van der Waals surface area contributed by atoms with Crippen LogP contribution in [0.25, 0.3) is 0 Å². The Balaban J connectivity index is 2.27. The number of rotatable bonds is 5. The van der Waals surface area contributed by atoms with Gasteiger partial charge in [-0.2, -0.15) is 5.10 Å². The van der Waals surface area contributed by atoms with Crippen molar-refractivity contribution in [2.24, 2.45) is 0 Å². The van der Waals surface area contributed by atoms with Crippen LogP contribution in [-0.2, 0) is 13.0 Å². The van der Waals surface area contributed by atoms with E-state index in [1.54, 1.807) is 18.3 Å². The summed E-state index contributed by atoms with van der Waals surface area (Å²) in [7, 11) is 1.87. The minimum atomic E-state index is -0.220.